The van der Waals surface area contributed by atoms with Crippen molar-refractivity contribution in [2.75, 3.05) is 11.9 Å². The summed E-state index contributed by atoms with van der Waals surface area (Å²) < 4.78 is 7.50. The highest BCUT2D eigenvalue weighted by atomic mass is 16.5. The first-order valence-corrected chi connectivity index (χ1v) is 11.4. The van der Waals surface area contributed by atoms with Gasteiger partial charge >= 0.3 is 0 Å². The van der Waals surface area contributed by atoms with Crippen molar-refractivity contribution in [1.29, 1.82) is 0 Å². The summed E-state index contributed by atoms with van der Waals surface area (Å²) in [5.41, 5.74) is 3.46. The molecule has 0 spiro atoms. The second-order valence-corrected chi connectivity index (χ2v) is 8.65. The van der Waals surface area contributed by atoms with Crippen molar-refractivity contribution in [2.24, 2.45) is 7.05 Å². The van der Waals surface area contributed by atoms with Crippen molar-refractivity contribution in [3.8, 4) is 17.1 Å². The number of carbonyl (C=O) groups is 1. The van der Waals surface area contributed by atoms with Crippen molar-refractivity contribution < 1.29 is 9.53 Å². The van der Waals surface area contributed by atoms with Gasteiger partial charge < -0.3 is 15.4 Å². The van der Waals surface area contributed by atoms with E-state index in [9.17, 15) is 4.79 Å². The van der Waals surface area contributed by atoms with E-state index in [0.717, 1.165) is 33.1 Å². The molecule has 0 aliphatic rings. The van der Waals surface area contributed by atoms with Crippen molar-refractivity contribution in [3.05, 3.63) is 72.9 Å². The van der Waals surface area contributed by atoms with Crippen molar-refractivity contribution >= 4 is 39.2 Å². The van der Waals surface area contributed by atoms with Crippen LogP contribution in [0.15, 0.2) is 72.9 Å². The number of benzene rings is 3. The summed E-state index contributed by atoms with van der Waals surface area (Å²) in [5, 5.41) is 12.7. The Morgan fingerprint density at radius 1 is 1.00 bits per heavy atom. The quantitative estimate of drug-likeness (QED) is 0.357. The number of nitrogens with zero attached hydrogens (tertiary/aromatic N) is 4. The lowest BCUT2D eigenvalue weighted by Crippen LogP contribution is -2.34. The summed E-state index contributed by atoms with van der Waals surface area (Å²) in [6.45, 7) is 3.77. The Kier molecular flexibility index (Phi) is 6.01. The molecule has 5 aromatic rings. The second-order valence-electron chi connectivity index (χ2n) is 8.65. The SMILES string of the molecule is CC(C)NC(=O)COc1cccc(-c2nc(Nc3ccc4nn(C)cc4c3)c3ccccc3n2)c1. The zero-order chi connectivity index (χ0) is 24.4. The monoisotopic (exact) mass is 466 g/mol. The fourth-order valence-electron chi connectivity index (χ4n) is 3.90. The van der Waals surface area contributed by atoms with E-state index in [1.807, 2.05) is 87.8 Å². The first-order chi connectivity index (χ1) is 16.9. The molecule has 0 aliphatic carbocycles. The highest BCUT2D eigenvalue weighted by Gasteiger charge is 2.12. The standard InChI is InChI=1S/C27H26N6O2/c1-17(2)28-25(34)16-35-21-8-6-7-18(14-21)26-30-24-10-5-4-9-22(24)27(31-26)29-20-11-12-23-19(13-20)15-33(3)32-23/h4-15,17H,16H2,1-3H3,(H,28,34)(H,29,30,31). The van der Waals surface area contributed by atoms with E-state index in [1.54, 1.807) is 4.68 Å². The van der Waals surface area contributed by atoms with Crippen LogP contribution in [0, 0.1) is 0 Å². The molecule has 35 heavy (non-hydrogen) atoms. The van der Waals surface area contributed by atoms with E-state index >= 15 is 0 Å². The Labute approximate surface area is 203 Å². The molecule has 2 heterocycles. The minimum absolute atomic E-state index is 0.0517. The number of ether oxygens (including phenoxy) is 1. The molecule has 8 heteroatoms. The lowest BCUT2D eigenvalue weighted by molar-refractivity contribution is -0.123. The predicted octanol–water partition coefficient (Wildman–Crippen LogP) is 4.83. The molecule has 0 bridgehead atoms. The number of rotatable bonds is 7. The maximum Gasteiger partial charge on any atom is 0.258 e. The summed E-state index contributed by atoms with van der Waals surface area (Å²) >= 11 is 0. The third-order valence-electron chi connectivity index (χ3n) is 5.40. The topological polar surface area (TPSA) is 94.0 Å². The maximum atomic E-state index is 12.0. The van der Waals surface area contributed by atoms with Gasteiger partial charge in [-0.1, -0.05) is 24.3 Å². The molecule has 0 saturated heterocycles. The van der Waals surface area contributed by atoms with E-state index in [4.69, 9.17) is 14.7 Å². The molecule has 0 fully saturated rings. The predicted molar refractivity (Wildman–Crippen MR) is 138 cm³/mol. The van der Waals surface area contributed by atoms with Crippen LogP contribution in [-0.2, 0) is 11.8 Å². The highest BCUT2D eigenvalue weighted by molar-refractivity contribution is 5.93. The number of hydrogen-bond donors (Lipinski definition) is 2. The van der Waals surface area contributed by atoms with Crippen LogP contribution < -0.4 is 15.4 Å². The molecule has 1 amide bonds. The lowest BCUT2D eigenvalue weighted by atomic mass is 10.1. The third-order valence-corrected chi connectivity index (χ3v) is 5.40. The Bertz CT molecular complexity index is 1530. The molecule has 5 rings (SSSR count). The number of hydrogen-bond acceptors (Lipinski definition) is 6. The number of nitrogens with one attached hydrogen (secondary N) is 2. The van der Waals surface area contributed by atoms with Crippen LogP contribution in [0.2, 0.25) is 0 Å². The number of fused-ring (bicyclic) bond motifs is 2. The number of amides is 1. The van der Waals surface area contributed by atoms with E-state index in [1.165, 1.54) is 0 Å². The van der Waals surface area contributed by atoms with Crippen LogP contribution in [0.5, 0.6) is 5.75 Å². The summed E-state index contributed by atoms with van der Waals surface area (Å²) in [6.07, 6.45) is 1.98. The summed E-state index contributed by atoms with van der Waals surface area (Å²) in [7, 11) is 1.91. The van der Waals surface area contributed by atoms with Gasteiger partial charge in [0.25, 0.3) is 5.91 Å². The van der Waals surface area contributed by atoms with E-state index in [-0.39, 0.29) is 18.6 Å². The van der Waals surface area contributed by atoms with Gasteiger partial charge in [0.05, 0.1) is 11.0 Å². The normalized spacial score (nSPS) is 11.2. The molecule has 3 aromatic carbocycles. The van der Waals surface area contributed by atoms with Crippen LogP contribution in [0.4, 0.5) is 11.5 Å². The van der Waals surface area contributed by atoms with Crippen LogP contribution in [0.25, 0.3) is 33.2 Å². The maximum absolute atomic E-state index is 12.0. The van der Waals surface area contributed by atoms with Gasteiger partial charge in [-0.25, -0.2) is 9.97 Å². The van der Waals surface area contributed by atoms with Gasteiger partial charge in [-0.05, 0) is 56.3 Å². The molecular weight excluding hydrogens is 440 g/mol. The van der Waals surface area contributed by atoms with Crippen molar-refractivity contribution in [3.63, 3.8) is 0 Å². The Morgan fingerprint density at radius 3 is 2.71 bits per heavy atom. The van der Waals surface area contributed by atoms with Gasteiger partial charge in [0.2, 0.25) is 0 Å². The van der Waals surface area contributed by atoms with Crippen molar-refractivity contribution in [1.82, 2.24) is 25.1 Å². The summed E-state index contributed by atoms with van der Waals surface area (Å²) in [4.78, 5) is 21.6. The van der Waals surface area contributed by atoms with E-state index in [2.05, 4.69) is 21.8 Å². The lowest BCUT2D eigenvalue weighted by Gasteiger charge is -2.12. The number of aryl methyl sites for hydroxylation is 1. The molecule has 0 radical (unpaired) electrons. The number of anilines is 2. The van der Waals surface area contributed by atoms with Gasteiger partial charge in [-0.15, -0.1) is 0 Å². The summed E-state index contributed by atoms with van der Waals surface area (Å²) in [6, 6.07) is 21.4. The van der Waals surface area contributed by atoms with Crippen LogP contribution in [-0.4, -0.2) is 38.3 Å². The molecule has 176 valence electrons. The zero-order valence-corrected chi connectivity index (χ0v) is 19.8. The minimum atomic E-state index is -0.163. The Morgan fingerprint density at radius 2 is 1.86 bits per heavy atom. The molecule has 0 atom stereocenters. The molecule has 0 saturated carbocycles. The van der Waals surface area contributed by atoms with Crippen LogP contribution >= 0.6 is 0 Å². The molecule has 2 N–H and O–H groups in total. The highest BCUT2D eigenvalue weighted by Crippen LogP contribution is 2.29. The third kappa shape index (κ3) is 5.06. The first kappa shape index (κ1) is 22.3. The van der Waals surface area contributed by atoms with Gasteiger partial charge in [-0.2, -0.15) is 5.10 Å². The molecular formula is C27H26N6O2. The average Bonchev–Trinajstić information content (AvgIpc) is 3.22. The molecule has 2 aromatic heterocycles. The fourth-order valence-corrected chi connectivity index (χ4v) is 3.90. The van der Waals surface area contributed by atoms with Gasteiger partial charge in [0, 0.05) is 41.3 Å². The van der Waals surface area contributed by atoms with E-state index in [0.29, 0.717) is 17.4 Å². The number of aromatic nitrogens is 4. The average molecular weight is 467 g/mol. The smallest absolute Gasteiger partial charge is 0.258 e. The van der Waals surface area contributed by atoms with Crippen LogP contribution in [0.3, 0.4) is 0 Å². The van der Waals surface area contributed by atoms with Crippen molar-refractivity contribution in [2.45, 2.75) is 19.9 Å². The second kappa shape index (κ2) is 9.42. The van der Waals surface area contributed by atoms with Gasteiger partial charge in [-0.3, -0.25) is 9.48 Å². The Hall–Kier alpha value is -4.46. The molecule has 8 nitrogen and oxygen atoms in total. The van der Waals surface area contributed by atoms with Gasteiger partial charge in [0.1, 0.15) is 11.6 Å². The minimum Gasteiger partial charge on any atom is -0.484 e. The van der Waals surface area contributed by atoms with E-state index < -0.39 is 0 Å². The molecule has 0 unspecified atom stereocenters. The molecule has 0 aliphatic heterocycles. The van der Waals surface area contributed by atoms with Crippen LogP contribution in [0.1, 0.15) is 13.8 Å². The largest absolute Gasteiger partial charge is 0.484 e. The van der Waals surface area contributed by atoms with Gasteiger partial charge in [0.15, 0.2) is 12.4 Å². The Balaban J connectivity index is 1.47. The fraction of sp³-hybridized carbons (Fsp3) is 0.185. The summed E-state index contributed by atoms with van der Waals surface area (Å²) in [5.74, 6) is 1.68. The zero-order valence-electron chi connectivity index (χ0n) is 19.8. The number of carbonyl (C=O) groups excluding carboxylic acids is 1. The number of para-hydroxylation sites is 1. The first-order valence-electron chi connectivity index (χ1n) is 11.4.